The van der Waals surface area contributed by atoms with Gasteiger partial charge in [-0.3, -0.25) is 0 Å². The van der Waals surface area contributed by atoms with Crippen LogP contribution in [0.5, 0.6) is 5.75 Å². The Morgan fingerprint density at radius 3 is 2.50 bits per heavy atom. The van der Waals surface area contributed by atoms with Gasteiger partial charge in [0.25, 0.3) is 0 Å². The lowest BCUT2D eigenvalue weighted by molar-refractivity contribution is 0.415. The molecular formula is C16H13NO3. The number of hydrogen-bond acceptors (Lipinski definition) is 4. The summed E-state index contributed by atoms with van der Waals surface area (Å²) in [5, 5.41) is 0.816. The molecule has 2 N–H and O–H groups in total. The van der Waals surface area contributed by atoms with E-state index in [0.717, 1.165) is 16.7 Å². The molecule has 0 amide bonds. The number of anilines is 1. The van der Waals surface area contributed by atoms with E-state index in [1.165, 1.54) is 0 Å². The van der Waals surface area contributed by atoms with Crippen LogP contribution in [0, 0.1) is 0 Å². The lowest BCUT2D eigenvalue weighted by Crippen LogP contribution is -2.02. The molecule has 1 heterocycles. The Kier molecular flexibility index (Phi) is 2.91. The zero-order chi connectivity index (χ0) is 14.1. The highest BCUT2D eigenvalue weighted by atomic mass is 16.5. The van der Waals surface area contributed by atoms with Crippen LogP contribution in [0.4, 0.5) is 5.69 Å². The van der Waals surface area contributed by atoms with Crippen LogP contribution in [0.2, 0.25) is 0 Å². The van der Waals surface area contributed by atoms with Crippen LogP contribution >= 0.6 is 0 Å². The van der Waals surface area contributed by atoms with Gasteiger partial charge < -0.3 is 14.9 Å². The smallest absolute Gasteiger partial charge is 0.344 e. The van der Waals surface area contributed by atoms with E-state index in [4.69, 9.17) is 14.9 Å². The third kappa shape index (κ3) is 2.12. The van der Waals surface area contributed by atoms with Crippen molar-refractivity contribution in [3.63, 3.8) is 0 Å². The van der Waals surface area contributed by atoms with Gasteiger partial charge in [-0.25, -0.2) is 4.79 Å². The van der Waals surface area contributed by atoms with E-state index >= 15 is 0 Å². The topological polar surface area (TPSA) is 65.5 Å². The van der Waals surface area contributed by atoms with Crippen molar-refractivity contribution < 1.29 is 9.15 Å². The monoisotopic (exact) mass is 267 g/mol. The normalized spacial score (nSPS) is 10.7. The first-order chi connectivity index (χ1) is 9.67. The summed E-state index contributed by atoms with van der Waals surface area (Å²) in [4.78, 5) is 12.0. The molecule has 0 bridgehead atoms. The summed E-state index contributed by atoms with van der Waals surface area (Å²) in [6, 6.07) is 14.2. The molecule has 0 unspecified atom stereocenters. The number of ether oxygens (including phenoxy) is 1. The molecular weight excluding hydrogens is 254 g/mol. The summed E-state index contributed by atoms with van der Waals surface area (Å²) in [5.74, 6) is 0.717. The third-order valence-electron chi connectivity index (χ3n) is 3.16. The highest BCUT2D eigenvalue weighted by molar-refractivity contribution is 5.83. The zero-order valence-corrected chi connectivity index (χ0v) is 10.9. The Balaban J connectivity index is 2.22. The number of methoxy groups -OCH3 is 1. The van der Waals surface area contributed by atoms with Crippen LogP contribution in [-0.2, 0) is 0 Å². The predicted octanol–water partition coefficient (Wildman–Crippen LogP) is 3.05. The van der Waals surface area contributed by atoms with Crippen molar-refractivity contribution >= 4 is 16.7 Å². The van der Waals surface area contributed by atoms with E-state index < -0.39 is 0 Å². The Morgan fingerprint density at radius 2 is 1.80 bits per heavy atom. The van der Waals surface area contributed by atoms with Gasteiger partial charge in [-0.15, -0.1) is 0 Å². The second kappa shape index (κ2) is 4.74. The number of rotatable bonds is 2. The fourth-order valence-corrected chi connectivity index (χ4v) is 2.09. The average molecular weight is 267 g/mol. The highest BCUT2D eigenvalue weighted by Crippen LogP contribution is 2.24. The summed E-state index contributed by atoms with van der Waals surface area (Å²) in [5.41, 5.74) is 7.76. The molecule has 4 heteroatoms. The number of nitrogen functional groups attached to an aromatic ring is 1. The molecule has 0 radical (unpaired) electrons. The van der Waals surface area contributed by atoms with Crippen LogP contribution in [0.3, 0.4) is 0 Å². The SMILES string of the molecule is COc1ccc2oc(=O)c(-c3ccc(N)cc3)cc2c1. The second-order valence-corrected chi connectivity index (χ2v) is 4.47. The molecule has 2 aromatic carbocycles. The molecule has 100 valence electrons. The molecule has 4 nitrogen and oxygen atoms in total. The molecule has 0 saturated carbocycles. The maximum Gasteiger partial charge on any atom is 0.344 e. The van der Waals surface area contributed by atoms with Gasteiger partial charge in [0, 0.05) is 11.1 Å². The Morgan fingerprint density at radius 1 is 1.05 bits per heavy atom. The van der Waals surface area contributed by atoms with Gasteiger partial charge in [-0.05, 0) is 42.0 Å². The van der Waals surface area contributed by atoms with Gasteiger partial charge >= 0.3 is 5.63 Å². The van der Waals surface area contributed by atoms with Crippen molar-refractivity contribution in [1.29, 1.82) is 0 Å². The summed E-state index contributed by atoms with van der Waals surface area (Å²) < 4.78 is 10.5. The molecule has 0 aliphatic heterocycles. The van der Waals surface area contributed by atoms with Crippen LogP contribution in [-0.4, -0.2) is 7.11 Å². The van der Waals surface area contributed by atoms with Crippen molar-refractivity contribution in [2.24, 2.45) is 0 Å². The van der Waals surface area contributed by atoms with E-state index in [9.17, 15) is 4.79 Å². The van der Waals surface area contributed by atoms with Crippen LogP contribution in [0.25, 0.3) is 22.1 Å². The zero-order valence-electron chi connectivity index (χ0n) is 10.9. The van der Waals surface area contributed by atoms with Gasteiger partial charge in [0.15, 0.2) is 0 Å². The first kappa shape index (κ1) is 12.3. The molecule has 20 heavy (non-hydrogen) atoms. The predicted molar refractivity (Wildman–Crippen MR) is 78.9 cm³/mol. The summed E-state index contributed by atoms with van der Waals surface area (Å²) in [6.45, 7) is 0. The molecule has 0 fully saturated rings. The highest BCUT2D eigenvalue weighted by Gasteiger charge is 2.08. The maximum absolute atomic E-state index is 12.0. The standard InChI is InChI=1S/C16H13NO3/c1-19-13-6-7-15-11(8-13)9-14(16(18)20-15)10-2-4-12(17)5-3-10/h2-9H,17H2,1H3. The van der Waals surface area contributed by atoms with Gasteiger partial charge in [0.2, 0.25) is 0 Å². The van der Waals surface area contributed by atoms with Crippen molar-refractivity contribution in [3.8, 4) is 16.9 Å². The van der Waals surface area contributed by atoms with Gasteiger partial charge in [-0.1, -0.05) is 12.1 Å². The number of fused-ring (bicyclic) bond motifs is 1. The molecule has 1 aromatic heterocycles. The van der Waals surface area contributed by atoms with E-state index in [2.05, 4.69) is 0 Å². The van der Waals surface area contributed by atoms with Gasteiger partial charge in [0.1, 0.15) is 11.3 Å². The number of nitrogens with two attached hydrogens (primary N) is 1. The Bertz CT molecular complexity index is 819. The Hall–Kier alpha value is -2.75. The van der Waals surface area contributed by atoms with Gasteiger partial charge in [0.05, 0.1) is 12.7 Å². The van der Waals surface area contributed by atoms with Crippen molar-refractivity contribution in [2.75, 3.05) is 12.8 Å². The molecule has 3 rings (SSSR count). The largest absolute Gasteiger partial charge is 0.497 e. The van der Waals surface area contributed by atoms with E-state index in [1.807, 2.05) is 6.07 Å². The fourth-order valence-electron chi connectivity index (χ4n) is 2.09. The molecule has 0 aliphatic rings. The van der Waals surface area contributed by atoms with Crippen LogP contribution in [0.1, 0.15) is 0 Å². The summed E-state index contributed by atoms with van der Waals surface area (Å²) in [6.07, 6.45) is 0. The molecule has 0 spiro atoms. The maximum atomic E-state index is 12.0. The summed E-state index contributed by atoms with van der Waals surface area (Å²) in [7, 11) is 1.60. The van der Waals surface area contributed by atoms with Crippen LogP contribution in [0.15, 0.2) is 57.7 Å². The van der Waals surface area contributed by atoms with Crippen molar-refractivity contribution in [3.05, 3.63) is 59.0 Å². The van der Waals surface area contributed by atoms with E-state index in [-0.39, 0.29) is 5.63 Å². The van der Waals surface area contributed by atoms with Crippen molar-refractivity contribution in [1.82, 2.24) is 0 Å². The molecule has 3 aromatic rings. The van der Waals surface area contributed by atoms with E-state index in [0.29, 0.717) is 16.8 Å². The third-order valence-corrected chi connectivity index (χ3v) is 3.16. The fraction of sp³-hybridized carbons (Fsp3) is 0.0625. The minimum absolute atomic E-state index is 0.368. The number of hydrogen-bond donors (Lipinski definition) is 1. The van der Waals surface area contributed by atoms with Gasteiger partial charge in [-0.2, -0.15) is 0 Å². The average Bonchev–Trinajstić information content (AvgIpc) is 2.47. The van der Waals surface area contributed by atoms with Crippen molar-refractivity contribution in [2.45, 2.75) is 0 Å². The lowest BCUT2D eigenvalue weighted by atomic mass is 10.1. The lowest BCUT2D eigenvalue weighted by Gasteiger charge is -2.05. The minimum Gasteiger partial charge on any atom is -0.497 e. The number of benzene rings is 2. The molecule has 0 saturated heterocycles. The molecule has 0 atom stereocenters. The van der Waals surface area contributed by atoms with E-state index in [1.54, 1.807) is 49.6 Å². The second-order valence-electron chi connectivity index (χ2n) is 4.47. The molecule has 0 aliphatic carbocycles. The first-order valence-corrected chi connectivity index (χ1v) is 6.15. The Labute approximate surface area is 115 Å². The quantitative estimate of drug-likeness (QED) is 0.572. The summed E-state index contributed by atoms with van der Waals surface area (Å²) >= 11 is 0. The minimum atomic E-state index is -0.368. The first-order valence-electron chi connectivity index (χ1n) is 6.15. The van der Waals surface area contributed by atoms with Crippen LogP contribution < -0.4 is 16.1 Å².